The number of amides is 1. The Morgan fingerprint density at radius 3 is 2.60 bits per heavy atom. The van der Waals surface area contributed by atoms with E-state index in [-0.39, 0.29) is 18.5 Å². The predicted molar refractivity (Wildman–Crippen MR) is 95.8 cm³/mol. The highest BCUT2D eigenvalue weighted by molar-refractivity contribution is 5.77. The fraction of sp³-hybridized carbons (Fsp3) is 0.421. The van der Waals surface area contributed by atoms with Gasteiger partial charge in [0.1, 0.15) is 5.76 Å². The Hall–Kier alpha value is -2.47. The Morgan fingerprint density at radius 1 is 1.16 bits per heavy atom. The van der Waals surface area contributed by atoms with Crippen LogP contribution < -0.4 is 20.1 Å². The van der Waals surface area contributed by atoms with E-state index >= 15 is 0 Å². The minimum atomic E-state index is -0.0841. The number of nitrogens with one attached hydrogen (secondary N) is 2. The van der Waals surface area contributed by atoms with Gasteiger partial charge in [0.15, 0.2) is 11.5 Å². The lowest BCUT2D eigenvalue weighted by atomic mass is 10.1. The third-order valence-corrected chi connectivity index (χ3v) is 3.68. The van der Waals surface area contributed by atoms with Gasteiger partial charge >= 0.3 is 0 Å². The van der Waals surface area contributed by atoms with Crippen LogP contribution in [0, 0.1) is 0 Å². The molecule has 0 saturated carbocycles. The largest absolute Gasteiger partial charge is 0.490 e. The number of carbonyl (C=O) groups is 1. The minimum absolute atomic E-state index is 0.00393. The Labute approximate surface area is 148 Å². The molecular formula is C19H26N2O4. The summed E-state index contributed by atoms with van der Waals surface area (Å²) in [6.45, 7) is 7.65. The van der Waals surface area contributed by atoms with Gasteiger partial charge in [-0.3, -0.25) is 4.79 Å². The smallest absolute Gasteiger partial charge is 0.234 e. The van der Waals surface area contributed by atoms with Crippen LogP contribution in [0.5, 0.6) is 11.5 Å². The van der Waals surface area contributed by atoms with Crippen LogP contribution in [-0.4, -0.2) is 25.7 Å². The second-order valence-corrected chi connectivity index (χ2v) is 5.53. The summed E-state index contributed by atoms with van der Waals surface area (Å²) in [6.07, 6.45) is 1.59. The molecule has 6 heteroatoms. The van der Waals surface area contributed by atoms with Gasteiger partial charge in [-0.25, -0.2) is 0 Å². The van der Waals surface area contributed by atoms with Crippen LogP contribution in [0.3, 0.4) is 0 Å². The molecule has 0 radical (unpaired) electrons. The highest BCUT2D eigenvalue weighted by Gasteiger charge is 2.12. The zero-order valence-electron chi connectivity index (χ0n) is 15.0. The normalized spacial score (nSPS) is 11.8. The molecule has 2 rings (SSSR count). The van der Waals surface area contributed by atoms with E-state index < -0.39 is 0 Å². The van der Waals surface area contributed by atoms with E-state index in [4.69, 9.17) is 13.9 Å². The topological polar surface area (TPSA) is 72.7 Å². The van der Waals surface area contributed by atoms with Crippen molar-refractivity contribution in [1.29, 1.82) is 0 Å². The van der Waals surface area contributed by atoms with Gasteiger partial charge in [0.2, 0.25) is 5.91 Å². The molecule has 1 atom stereocenters. The molecule has 0 aliphatic carbocycles. The second-order valence-electron chi connectivity index (χ2n) is 5.53. The average molecular weight is 346 g/mol. The van der Waals surface area contributed by atoms with Crippen LogP contribution in [0.25, 0.3) is 0 Å². The molecule has 1 aromatic carbocycles. The lowest BCUT2D eigenvalue weighted by Crippen LogP contribution is -2.34. The van der Waals surface area contributed by atoms with Crippen molar-refractivity contribution in [3.8, 4) is 11.5 Å². The number of carbonyl (C=O) groups excluding carboxylic acids is 1. The molecule has 1 aromatic heterocycles. The van der Waals surface area contributed by atoms with Crippen LogP contribution in [0.1, 0.15) is 38.1 Å². The van der Waals surface area contributed by atoms with Gasteiger partial charge in [-0.2, -0.15) is 0 Å². The number of rotatable bonds is 10. The highest BCUT2D eigenvalue weighted by Crippen LogP contribution is 2.30. The van der Waals surface area contributed by atoms with Crippen molar-refractivity contribution in [1.82, 2.24) is 10.6 Å². The second kappa shape index (κ2) is 9.74. The highest BCUT2D eigenvalue weighted by atomic mass is 16.5. The van der Waals surface area contributed by atoms with Crippen LogP contribution in [0.4, 0.5) is 0 Å². The van der Waals surface area contributed by atoms with E-state index in [0.29, 0.717) is 19.8 Å². The molecule has 0 spiro atoms. The maximum absolute atomic E-state index is 11.9. The zero-order chi connectivity index (χ0) is 18.1. The van der Waals surface area contributed by atoms with Crippen LogP contribution in [0.15, 0.2) is 41.0 Å². The van der Waals surface area contributed by atoms with Gasteiger partial charge in [-0.15, -0.1) is 0 Å². The summed E-state index contributed by atoms with van der Waals surface area (Å²) in [6, 6.07) is 9.46. The molecule has 136 valence electrons. The molecule has 0 aliphatic rings. The van der Waals surface area contributed by atoms with Crippen molar-refractivity contribution in [2.75, 3.05) is 19.8 Å². The van der Waals surface area contributed by atoms with Crippen molar-refractivity contribution in [2.45, 2.75) is 33.4 Å². The maximum atomic E-state index is 11.9. The molecular weight excluding hydrogens is 320 g/mol. The number of benzene rings is 1. The Bertz CT molecular complexity index is 655. The first-order valence-electron chi connectivity index (χ1n) is 8.56. The van der Waals surface area contributed by atoms with Gasteiger partial charge in [0.05, 0.1) is 32.6 Å². The first kappa shape index (κ1) is 18.9. The quantitative estimate of drug-likeness (QED) is 0.692. The molecule has 1 amide bonds. The lowest BCUT2D eigenvalue weighted by molar-refractivity contribution is -0.120. The van der Waals surface area contributed by atoms with E-state index in [1.165, 1.54) is 0 Å². The van der Waals surface area contributed by atoms with Crippen molar-refractivity contribution in [2.24, 2.45) is 0 Å². The molecule has 2 aromatic rings. The summed E-state index contributed by atoms with van der Waals surface area (Å²) < 4.78 is 16.4. The van der Waals surface area contributed by atoms with Crippen molar-refractivity contribution >= 4 is 5.91 Å². The average Bonchev–Trinajstić information content (AvgIpc) is 3.13. The van der Waals surface area contributed by atoms with Gasteiger partial charge in [0, 0.05) is 6.04 Å². The number of hydrogen-bond donors (Lipinski definition) is 2. The zero-order valence-corrected chi connectivity index (χ0v) is 15.0. The summed E-state index contributed by atoms with van der Waals surface area (Å²) in [7, 11) is 0. The van der Waals surface area contributed by atoms with Crippen LogP contribution >= 0.6 is 0 Å². The first-order valence-corrected chi connectivity index (χ1v) is 8.56. The summed E-state index contributed by atoms with van der Waals surface area (Å²) in [5, 5.41) is 6.02. The first-order chi connectivity index (χ1) is 12.1. The standard InChI is InChI=1S/C19H26N2O4/c1-4-23-17-9-8-15(11-18(17)24-5-2)14(3)20-13-19(22)21-12-16-7-6-10-25-16/h6-11,14,20H,4-5,12-13H2,1-3H3,(H,21,22)/t14-/m0/s1. The molecule has 0 bridgehead atoms. The number of furan rings is 1. The maximum Gasteiger partial charge on any atom is 0.234 e. The molecule has 1 heterocycles. The molecule has 6 nitrogen and oxygen atoms in total. The molecule has 0 aliphatic heterocycles. The fourth-order valence-electron chi connectivity index (χ4n) is 2.36. The van der Waals surface area contributed by atoms with Gasteiger partial charge in [-0.05, 0) is 50.6 Å². The Kier molecular flexibility index (Phi) is 7.35. The fourth-order valence-corrected chi connectivity index (χ4v) is 2.36. The van der Waals surface area contributed by atoms with Gasteiger partial charge in [0.25, 0.3) is 0 Å². The van der Waals surface area contributed by atoms with E-state index in [1.54, 1.807) is 12.3 Å². The monoisotopic (exact) mass is 346 g/mol. The summed E-state index contributed by atoms with van der Waals surface area (Å²) in [5.74, 6) is 2.10. The third kappa shape index (κ3) is 5.83. The Balaban J connectivity index is 1.87. The van der Waals surface area contributed by atoms with E-state index in [2.05, 4.69) is 10.6 Å². The van der Waals surface area contributed by atoms with Gasteiger partial charge < -0.3 is 24.5 Å². The number of ether oxygens (including phenoxy) is 2. The van der Waals surface area contributed by atoms with Crippen LogP contribution in [0.2, 0.25) is 0 Å². The third-order valence-electron chi connectivity index (χ3n) is 3.68. The van der Waals surface area contributed by atoms with Crippen molar-refractivity contribution < 1.29 is 18.7 Å². The minimum Gasteiger partial charge on any atom is -0.490 e. The Morgan fingerprint density at radius 2 is 1.92 bits per heavy atom. The SMILES string of the molecule is CCOc1ccc([C@H](C)NCC(=O)NCc2ccco2)cc1OCC. The predicted octanol–water partition coefficient (Wildman–Crippen LogP) is 3.04. The van der Waals surface area contributed by atoms with Crippen molar-refractivity contribution in [3.05, 3.63) is 47.9 Å². The van der Waals surface area contributed by atoms with E-state index in [1.807, 2.05) is 45.0 Å². The van der Waals surface area contributed by atoms with Crippen molar-refractivity contribution in [3.63, 3.8) is 0 Å². The molecule has 0 fully saturated rings. The van der Waals surface area contributed by atoms with Crippen LogP contribution in [-0.2, 0) is 11.3 Å². The lowest BCUT2D eigenvalue weighted by Gasteiger charge is -2.17. The molecule has 2 N–H and O–H groups in total. The number of hydrogen-bond acceptors (Lipinski definition) is 5. The van der Waals surface area contributed by atoms with E-state index in [0.717, 1.165) is 22.8 Å². The van der Waals surface area contributed by atoms with E-state index in [9.17, 15) is 4.79 Å². The summed E-state index contributed by atoms with van der Waals surface area (Å²) in [5.41, 5.74) is 1.03. The molecule has 0 unspecified atom stereocenters. The van der Waals surface area contributed by atoms with Gasteiger partial charge in [-0.1, -0.05) is 6.07 Å². The molecule has 25 heavy (non-hydrogen) atoms. The summed E-state index contributed by atoms with van der Waals surface area (Å²) >= 11 is 0. The molecule has 0 saturated heterocycles. The summed E-state index contributed by atoms with van der Waals surface area (Å²) in [4.78, 5) is 11.9.